The summed E-state index contributed by atoms with van der Waals surface area (Å²) in [5.74, 6) is 1.03. The fourth-order valence-electron chi connectivity index (χ4n) is 5.40. The van der Waals surface area contributed by atoms with Crippen molar-refractivity contribution in [1.29, 1.82) is 0 Å². The molecular formula is C31H31N9. The topological polar surface area (TPSA) is 102 Å². The third kappa shape index (κ3) is 4.81. The van der Waals surface area contributed by atoms with Gasteiger partial charge in [0, 0.05) is 86.0 Å². The number of nitrogens with zero attached hydrogens (tertiary/aromatic N) is 6. The maximum absolute atomic E-state index is 4.75. The molecule has 1 aromatic carbocycles. The van der Waals surface area contributed by atoms with Crippen LogP contribution in [-0.4, -0.2) is 68.3 Å². The molecule has 200 valence electrons. The molecule has 6 aromatic rings. The summed E-state index contributed by atoms with van der Waals surface area (Å²) < 4.78 is 0. The van der Waals surface area contributed by atoms with Gasteiger partial charge in [-0.1, -0.05) is 30.3 Å². The van der Waals surface area contributed by atoms with E-state index in [0.29, 0.717) is 5.65 Å². The molecule has 1 fully saturated rings. The highest BCUT2D eigenvalue weighted by atomic mass is 15.3. The van der Waals surface area contributed by atoms with Crippen LogP contribution in [0.5, 0.6) is 0 Å². The standard InChI is InChI=1S/C31H31N9/c1-39-9-11-40(12-10-39)31-25-15-28(36-27(25)7-8-34-31)29-26-14-24(20-35-30(26)38-37-29)23-13-22(18-33-19-23)17-32-16-21-5-3-2-4-6-21/h2-8,13-15,18-20,32,36H,9-12,16-17H2,1H3,(H,35,37,38). The van der Waals surface area contributed by atoms with E-state index in [-0.39, 0.29) is 0 Å². The van der Waals surface area contributed by atoms with Crippen molar-refractivity contribution >= 4 is 27.8 Å². The van der Waals surface area contributed by atoms with E-state index in [1.165, 1.54) is 5.56 Å². The average Bonchev–Trinajstić information content (AvgIpc) is 3.62. The van der Waals surface area contributed by atoms with Crippen LogP contribution < -0.4 is 10.2 Å². The number of H-pyrrole nitrogens is 2. The zero-order valence-electron chi connectivity index (χ0n) is 22.4. The lowest BCUT2D eigenvalue weighted by Crippen LogP contribution is -2.44. The Morgan fingerprint density at radius 3 is 2.52 bits per heavy atom. The average molecular weight is 530 g/mol. The number of hydrogen-bond acceptors (Lipinski definition) is 7. The lowest BCUT2D eigenvalue weighted by molar-refractivity contribution is 0.312. The fraction of sp³-hybridized carbons (Fsp3) is 0.226. The lowest BCUT2D eigenvalue weighted by Gasteiger charge is -2.33. The van der Waals surface area contributed by atoms with Gasteiger partial charge in [-0.05, 0) is 42.4 Å². The van der Waals surface area contributed by atoms with Gasteiger partial charge in [0.1, 0.15) is 5.82 Å². The minimum atomic E-state index is 0.684. The number of fused-ring (bicyclic) bond motifs is 2. The number of likely N-dealkylation sites (N-methyl/N-ethyl adjacent to an activating group) is 1. The normalized spacial score (nSPS) is 14.4. The predicted octanol–water partition coefficient (Wildman–Crippen LogP) is 4.60. The second-order valence-electron chi connectivity index (χ2n) is 10.4. The van der Waals surface area contributed by atoms with Crippen molar-refractivity contribution in [3.05, 3.63) is 90.5 Å². The molecule has 3 N–H and O–H groups in total. The largest absolute Gasteiger partial charge is 0.353 e. The van der Waals surface area contributed by atoms with Gasteiger partial charge in [0.15, 0.2) is 5.65 Å². The van der Waals surface area contributed by atoms with Gasteiger partial charge in [0.25, 0.3) is 0 Å². The molecule has 0 bridgehead atoms. The van der Waals surface area contributed by atoms with Crippen molar-refractivity contribution in [2.45, 2.75) is 13.1 Å². The Morgan fingerprint density at radius 2 is 1.65 bits per heavy atom. The van der Waals surface area contributed by atoms with Crippen molar-refractivity contribution in [1.82, 2.24) is 40.3 Å². The minimum absolute atomic E-state index is 0.684. The fourth-order valence-corrected chi connectivity index (χ4v) is 5.40. The molecular weight excluding hydrogens is 498 g/mol. The monoisotopic (exact) mass is 529 g/mol. The first-order chi connectivity index (χ1) is 19.7. The van der Waals surface area contributed by atoms with E-state index < -0.39 is 0 Å². The quantitative estimate of drug-likeness (QED) is 0.278. The van der Waals surface area contributed by atoms with Crippen molar-refractivity contribution < 1.29 is 0 Å². The van der Waals surface area contributed by atoms with Gasteiger partial charge >= 0.3 is 0 Å². The van der Waals surface area contributed by atoms with Crippen LogP contribution >= 0.6 is 0 Å². The predicted molar refractivity (Wildman–Crippen MR) is 159 cm³/mol. The summed E-state index contributed by atoms with van der Waals surface area (Å²) in [5.41, 5.74) is 8.05. The van der Waals surface area contributed by atoms with Crippen LogP contribution in [0.4, 0.5) is 5.82 Å². The van der Waals surface area contributed by atoms with Crippen LogP contribution in [0.3, 0.4) is 0 Å². The van der Waals surface area contributed by atoms with E-state index >= 15 is 0 Å². The molecule has 40 heavy (non-hydrogen) atoms. The summed E-state index contributed by atoms with van der Waals surface area (Å²) in [6, 6.07) is 18.9. The number of benzene rings is 1. The maximum Gasteiger partial charge on any atom is 0.181 e. The van der Waals surface area contributed by atoms with Crippen LogP contribution in [0.25, 0.3) is 44.5 Å². The molecule has 0 radical (unpaired) electrons. The van der Waals surface area contributed by atoms with Crippen LogP contribution in [0.2, 0.25) is 0 Å². The third-order valence-corrected chi connectivity index (χ3v) is 7.64. The summed E-state index contributed by atoms with van der Waals surface area (Å²) in [4.78, 5) is 22.2. The van der Waals surface area contributed by atoms with Gasteiger partial charge in [-0.3, -0.25) is 10.1 Å². The Bertz CT molecular complexity index is 1760. The Labute approximate surface area is 232 Å². The first kappa shape index (κ1) is 24.4. The van der Waals surface area contributed by atoms with E-state index in [9.17, 15) is 0 Å². The maximum atomic E-state index is 4.75. The Balaban J connectivity index is 1.17. The number of nitrogens with one attached hydrogen (secondary N) is 3. The molecule has 0 atom stereocenters. The SMILES string of the molecule is CN1CCN(c2nccc3[nH]c(-c4[nH]nc5ncc(-c6cncc(CNCc7ccccc7)c6)cc45)cc23)CC1. The number of pyridine rings is 3. The molecule has 9 heteroatoms. The lowest BCUT2D eigenvalue weighted by atomic mass is 10.1. The third-order valence-electron chi connectivity index (χ3n) is 7.64. The Kier molecular flexibility index (Phi) is 6.43. The van der Waals surface area contributed by atoms with Gasteiger partial charge in [-0.15, -0.1) is 0 Å². The number of aromatic amines is 2. The highest BCUT2D eigenvalue weighted by Gasteiger charge is 2.20. The Morgan fingerprint density at radius 1 is 0.825 bits per heavy atom. The summed E-state index contributed by atoms with van der Waals surface area (Å²) in [7, 11) is 2.17. The number of anilines is 1. The molecule has 6 heterocycles. The van der Waals surface area contributed by atoms with E-state index in [2.05, 4.69) is 89.8 Å². The zero-order valence-corrected chi connectivity index (χ0v) is 22.4. The van der Waals surface area contributed by atoms with Crippen molar-refractivity contribution in [3.63, 3.8) is 0 Å². The van der Waals surface area contributed by atoms with Crippen molar-refractivity contribution in [2.24, 2.45) is 0 Å². The summed E-state index contributed by atoms with van der Waals surface area (Å²) >= 11 is 0. The van der Waals surface area contributed by atoms with Crippen molar-refractivity contribution in [2.75, 3.05) is 38.1 Å². The number of aromatic nitrogens is 6. The number of rotatable bonds is 7. The molecule has 0 saturated carbocycles. The minimum Gasteiger partial charge on any atom is -0.353 e. The van der Waals surface area contributed by atoms with E-state index in [4.69, 9.17) is 4.98 Å². The molecule has 1 aliphatic heterocycles. The summed E-state index contributed by atoms with van der Waals surface area (Å²) in [6.45, 7) is 5.56. The molecule has 7 rings (SSSR count). The smallest absolute Gasteiger partial charge is 0.181 e. The first-order valence-corrected chi connectivity index (χ1v) is 13.7. The molecule has 0 unspecified atom stereocenters. The van der Waals surface area contributed by atoms with Gasteiger partial charge < -0.3 is 20.1 Å². The van der Waals surface area contributed by atoms with E-state index in [1.54, 1.807) is 0 Å². The highest BCUT2D eigenvalue weighted by molar-refractivity contribution is 5.99. The highest BCUT2D eigenvalue weighted by Crippen LogP contribution is 2.33. The van der Waals surface area contributed by atoms with Gasteiger partial charge in [0.05, 0.1) is 16.9 Å². The molecule has 1 aliphatic rings. The first-order valence-electron chi connectivity index (χ1n) is 13.7. The zero-order chi connectivity index (χ0) is 26.9. The van der Waals surface area contributed by atoms with Crippen LogP contribution in [0.15, 0.2) is 79.4 Å². The van der Waals surface area contributed by atoms with Gasteiger partial charge in [-0.25, -0.2) is 9.97 Å². The van der Waals surface area contributed by atoms with E-state index in [1.807, 2.05) is 36.9 Å². The van der Waals surface area contributed by atoms with Crippen LogP contribution in [0, 0.1) is 0 Å². The molecule has 5 aromatic heterocycles. The molecule has 9 nitrogen and oxygen atoms in total. The van der Waals surface area contributed by atoms with Crippen molar-refractivity contribution in [3.8, 4) is 22.5 Å². The molecule has 0 aliphatic carbocycles. The number of hydrogen-bond donors (Lipinski definition) is 3. The van der Waals surface area contributed by atoms with Crippen LogP contribution in [-0.2, 0) is 13.1 Å². The molecule has 1 saturated heterocycles. The summed E-state index contributed by atoms with van der Waals surface area (Å²) in [5, 5.41) is 13.3. The molecule has 0 amide bonds. The number of piperazine rings is 1. The van der Waals surface area contributed by atoms with Gasteiger partial charge in [0.2, 0.25) is 0 Å². The van der Waals surface area contributed by atoms with Crippen LogP contribution in [0.1, 0.15) is 11.1 Å². The summed E-state index contributed by atoms with van der Waals surface area (Å²) in [6.07, 6.45) is 7.55. The second kappa shape index (κ2) is 10.5. The Hall–Kier alpha value is -4.60. The second-order valence-corrected chi connectivity index (χ2v) is 10.4. The van der Waals surface area contributed by atoms with E-state index in [0.717, 1.165) is 89.5 Å². The van der Waals surface area contributed by atoms with Gasteiger partial charge in [-0.2, -0.15) is 5.10 Å². The molecule has 0 spiro atoms.